The van der Waals surface area contributed by atoms with E-state index in [0.29, 0.717) is 5.95 Å². The van der Waals surface area contributed by atoms with Gasteiger partial charge in [-0.15, -0.1) is 11.8 Å². The van der Waals surface area contributed by atoms with Crippen LogP contribution in [0.5, 0.6) is 0 Å². The molecule has 2 amide bonds. The number of nitrogens with one attached hydrogen (secondary N) is 4. The number of guanidine groups is 1. The largest absolute Gasteiger partial charge is 0.453 e. The molecule has 0 aliphatic carbocycles. The Hall–Kier alpha value is -4.42. The lowest BCUT2D eigenvalue weighted by Gasteiger charge is -2.10. The van der Waals surface area contributed by atoms with Gasteiger partial charge < -0.3 is 19.8 Å². The highest BCUT2D eigenvalue weighted by atomic mass is 32.2. The number of methoxy groups -OCH3 is 2. The number of aromatic amines is 1. The third kappa shape index (κ3) is 13.4. The number of nitro benzene ring substituents is 1. The number of anilines is 1. The van der Waals surface area contributed by atoms with E-state index in [0.717, 1.165) is 41.6 Å². The van der Waals surface area contributed by atoms with Gasteiger partial charge in [-0.05, 0) is 54.8 Å². The van der Waals surface area contributed by atoms with Crippen LogP contribution in [-0.2, 0) is 26.0 Å². The van der Waals surface area contributed by atoms with Crippen molar-refractivity contribution in [2.24, 2.45) is 4.99 Å². The Bertz CT molecular complexity index is 1590. The van der Waals surface area contributed by atoms with E-state index in [1.165, 1.54) is 49.4 Å². The molecular weight excluding hydrogens is 630 g/mol. The van der Waals surface area contributed by atoms with E-state index < -0.39 is 33.0 Å². The molecule has 0 spiro atoms. The molecule has 16 nitrogen and oxygen atoms in total. The van der Waals surface area contributed by atoms with Crippen molar-refractivity contribution in [1.82, 2.24) is 20.6 Å². The minimum atomic E-state index is -4.24. The van der Waals surface area contributed by atoms with Crippen LogP contribution in [-0.4, -0.2) is 78.3 Å². The summed E-state index contributed by atoms with van der Waals surface area (Å²) >= 11 is 1.49. The molecule has 3 aromatic rings. The zero-order valence-corrected chi connectivity index (χ0v) is 26.9. The number of carbonyl (C=O) groups is 2. The van der Waals surface area contributed by atoms with Crippen LogP contribution < -0.4 is 16.0 Å². The number of unbranched alkanes of at least 4 members (excludes halogenated alkanes) is 1. The van der Waals surface area contributed by atoms with Gasteiger partial charge in [-0.1, -0.05) is 26.3 Å². The van der Waals surface area contributed by atoms with Gasteiger partial charge in [0, 0.05) is 17.5 Å². The van der Waals surface area contributed by atoms with Crippen molar-refractivity contribution in [3.8, 4) is 0 Å². The van der Waals surface area contributed by atoms with Gasteiger partial charge in [0.25, 0.3) is 15.8 Å². The number of hydrogen-bond donors (Lipinski definition) is 5. The molecule has 0 saturated heterocycles. The zero-order chi connectivity index (χ0) is 33.4. The molecule has 0 aliphatic rings. The van der Waals surface area contributed by atoms with Gasteiger partial charge in [0.1, 0.15) is 5.69 Å². The summed E-state index contributed by atoms with van der Waals surface area (Å²) in [5.74, 6) is 0.306. The van der Waals surface area contributed by atoms with E-state index >= 15 is 0 Å². The van der Waals surface area contributed by atoms with E-state index in [1.807, 2.05) is 19.1 Å². The number of hydrogen-bond acceptors (Lipinski definition) is 11. The summed E-state index contributed by atoms with van der Waals surface area (Å²) in [4.78, 5) is 45.2. The van der Waals surface area contributed by atoms with Gasteiger partial charge in [-0.2, -0.15) is 8.42 Å². The Balaban J connectivity index is 0.000000338. The van der Waals surface area contributed by atoms with E-state index in [1.54, 1.807) is 6.07 Å². The summed E-state index contributed by atoms with van der Waals surface area (Å²) in [5.41, 5.74) is 2.69. The van der Waals surface area contributed by atoms with Gasteiger partial charge in [-0.25, -0.2) is 19.6 Å². The van der Waals surface area contributed by atoms with E-state index in [-0.39, 0.29) is 23.9 Å². The lowest BCUT2D eigenvalue weighted by Crippen LogP contribution is -2.42. The van der Waals surface area contributed by atoms with Crippen molar-refractivity contribution in [2.45, 2.75) is 44.4 Å². The third-order valence-electron chi connectivity index (χ3n) is 5.68. The molecule has 18 heteroatoms. The van der Waals surface area contributed by atoms with Gasteiger partial charge >= 0.3 is 12.2 Å². The number of aryl methyl sites for hydroxylation is 1. The first-order valence-electron chi connectivity index (χ1n) is 13.8. The summed E-state index contributed by atoms with van der Waals surface area (Å²) in [6, 6.07) is 10.5. The number of aromatic nitrogens is 2. The highest BCUT2D eigenvalue weighted by molar-refractivity contribution is 7.99. The molecule has 0 atom stereocenters. The van der Waals surface area contributed by atoms with E-state index in [4.69, 9.17) is 4.55 Å². The standard InChI is InChI=1S/C14H20N4O7S2.C13H17N3O2/c1-3-7-26-10-4-5-12(18(20)21)11(9-10)16-13(17-14(19)25-2)15-6-8-27(22,23)24;1-3-4-5-9-6-7-10-11(8-9)15-12(14-10)16-13(17)18-2/h4-5,9H,3,6-8H2,1-2H3,(H,22,23,24)(H2,15,16,17,19);6-8H,3-5H2,1-2H3,(H2,14,15,16,17). The summed E-state index contributed by atoms with van der Waals surface area (Å²) in [6.07, 6.45) is 2.87. The number of carbonyl (C=O) groups excluding carboxylic acids is 2. The lowest BCUT2D eigenvalue weighted by atomic mass is 10.1. The number of rotatable bonds is 12. The molecule has 0 bridgehead atoms. The maximum absolute atomic E-state index is 11.4. The number of amides is 2. The average molecular weight is 668 g/mol. The maximum atomic E-state index is 11.4. The van der Waals surface area contributed by atoms with Crippen LogP contribution in [0.25, 0.3) is 11.0 Å². The number of thioether (sulfide) groups is 1. The number of imidazole rings is 1. The maximum Gasteiger partial charge on any atom is 0.413 e. The summed E-state index contributed by atoms with van der Waals surface area (Å²) in [7, 11) is -1.81. The summed E-state index contributed by atoms with van der Waals surface area (Å²) < 4.78 is 39.4. The number of nitrogens with zero attached hydrogens (tertiary/aromatic N) is 3. The number of nitro groups is 1. The average Bonchev–Trinajstić information content (AvgIpc) is 3.39. The van der Waals surface area contributed by atoms with Crippen LogP contribution in [0, 0.1) is 10.1 Å². The van der Waals surface area contributed by atoms with E-state index in [9.17, 15) is 28.1 Å². The first-order chi connectivity index (χ1) is 21.4. The SMILES string of the molecule is CCCCc1ccc2[nH]c(NC(=O)OC)nc2c1.CCCSc1ccc([N+](=O)[O-])c(/N=C(/NCCS(=O)(=O)O)NC(=O)OC)c1. The summed E-state index contributed by atoms with van der Waals surface area (Å²) in [6.45, 7) is 3.88. The normalized spacial score (nSPS) is 11.3. The van der Waals surface area contributed by atoms with Crippen LogP contribution in [0.3, 0.4) is 0 Å². The number of fused-ring (bicyclic) bond motifs is 1. The molecule has 1 aromatic heterocycles. The van der Waals surface area contributed by atoms with Crippen molar-refractivity contribution in [3.05, 3.63) is 52.1 Å². The van der Waals surface area contributed by atoms with Crippen molar-refractivity contribution in [2.75, 3.05) is 37.6 Å². The molecule has 0 radical (unpaired) electrons. The molecule has 1 heterocycles. The second-order valence-corrected chi connectivity index (χ2v) is 11.9. The fraction of sp³-hybridized carbons (Fsp3) is 0.407. The van der Waals surface area contributed by atoms with Gasteiger partial charge in [0.15, 0.2) is 0 Å². The molecule has 246 valence electrons. The van der Waals surface area contributed by atoms with Crippen LogP contribution in [0.15, 0.2) is 46.3 Å². The first-order valence-corrected chi connectivity index (χ1v) is 16.4. The molecule has 5 N–H and O–H groups in total. The molecule has 0 aliphatic heterocycles. The second-order valence-electron chi connectivity index (χ2n) is 9.20. The second kappa shape index (κ2) is 18.4. The van der Waals surface area contributed by atoms with Crippen molar-refractivity contribution in [1.29, 1.82) is 0 Å². The zero-order valence-electron chi connectivity index (χ0n) is 25.3. The van der Waals surface area contributed by atoms with Gasteiger partial charge in [-0.3, -0.25) is 25.3 Å². The Morgan fingerprint density at radius 3 is 2.47 bits per heavy atom. The van der Waals surface area contributed by atoms with Gasteiger partial charge in [0.05, 0.1) is 35.9 Å². The van der Waals surface area contributed by atoms with Crippen molar-refractivity contribution < 1.29 is 37.0 Å². The smallest absolute Gasteiger partial charge is 0.413 e. The molecular formula is C27H37N7O9S2. The molecule has 2 aromatic carbocycles. The molecule has 3 rings (SSSR count). The van der Waals surface area contributed by atoms with Gasteiger partial charge in [0.2, 0.25) is 11.9 Å². The van der Waals surface area contributed by atoms with E-state index in [2.05, 4.69) is 53.4 Å². The minimum absolute atomic E-state index is 0.0353. The third-order valence-corrected chi connectivity index (χ3v) is 7.60. The fourth-order valence-electron chi connectivity index (χ4n) is 3.53. The Morgan fingerprint density at radius 2 is 1.84 bits per heavy atom. The predicted octanol–water partition coefficient (Wildman–Crippen LogP) is 5.00. The lowest BCUT2D eigenvalue weighted by molar-refractivity contribution is -0.384. The van der Waals surface area contributed by atoms with Crippen molar-refractivity contribution in [3.63, 3.8) is 0 Å². The van der Waals surface area contributed by atoms with Crippen LogP contribution in [0.1, 0.15) is 38.7 Å². The molecule has 0 saturated carbocycles. The number of aliphatic imine (C=N–C) groups is 1. The Kier molecular flexibility index (Phi) is 15.0. The highest BCUT2D eigenvalue weighted by Crippen LogP contribution is 2.32. The minimum Gasteiger partial charge on any atom is -0.453 e. The predicted molar refractivity (Wildman–Crippen MR) is 172 cm³/mol. The number of ether oxygens (including phenoxy) is 2. The number of benzene rings is 2. The topological polar surface area (TPSA) is 227 Å². The summed E-state index contributed by atoms with van der Waals surface area (Å²) in [5, 5.41) is 18.4. The van der Waals surface area contributed by atoms with Crippen molar-refractivity contribution >= 4 is 68.4 Å². The monoisotopic (exact) mass is 667 g/mol. The quantitative estimate of drug-likeness (QED) is 0.0429. The number of H-pyrrole nitrogens is 1. The molecule has 0 fully saturated rings. The molecule has 0 unspecified atom stereocenters. The van der Waals surface area contributed by atoms with Crippen LogP contribution >= 0.6 is 11.8 Å². The molecule has 45 heavy (non-hydrogen) atoms. The van der Waals surface area contributed by atoms with Crippen LogP contribution in [0.2, 0.25) is 0 Å². The Labute approximate surface area is 264 Å². The Morgan fingerprint density at radius 1 is 1.11 bits per heavy atom. The fourth-order valence-corrected chi connectivity index (χ4v) is 4.69. The number of alkyl carbamates (subject to hydrolysis) is 1. The first kappa shape index (κ1) is 36.8. The van der Waals surface area contributed by atoms with Crippen LogP contribution in [0.4, 0.5) is 26.9 Å². The highest BCUT2D eigenvalue weighted by Gasteiger charge is 2.17.